The highest BCUT2D eigenvalue weighted by molar-refractivity contribution is 6.05. The largest absolute Gasteiger partial charge is 0.354 e. The number of carbonyl (C=O) groups is 1. The van der Waals surface area contributed by atoms with Crippen LogP contribution in [0, 0.1) is 5.82 Å². The monoisotopic (exact) mass is 393 g/mol. The van der Waals surface area contributed by atoms with E-state index < -0.39 is 0 Å². The van der Waals surface area contributed by atoms with Crippen LogP contribution in [0.15, 0.2) is 42.5 Å². The average Bonchev–Trinajstić information content (AvgIpc) is 3.23. The van der Waals surface area contributed by atoms with Crippen LogP contribution < -0.4 is 10.2 Å². The number of hydrogen-bond donors (Lipinski definition) is 1. The van der Waals surface area contributed by atoms with E-state index in [9.17, 15) is 9.18 Å². The summed E-state index contributed by atoms with van der Waals surface area (Å²) < 4.78 is 14.1. The van der Waals surface area contributed by atoms with Crippen molar-refractivity contribution in [1.29, 1.82) is 0 Å². The number of nitrogens with zero attached hydrogens (tertiary/aromatic N) is 4. The van der Waals surface area contributed by atoms with Crippen LogP contribution in [0.1, 0.15) is 28.8 Å². The molecule has 0 bridgehead atoms. The highest BCUT2D eigenvalue weighted by Gasteiger charge is 2.21. The second-order valence-corrected chi connectivity index (χ2v) is 7.58. The van der Waals surface area contributed by atoms with Gasteiger partial charge in [-0.2, -0.15) is 0 Å². The van der Waals surface area contributed by atoms with Crippen LogP contribution in [-0.2, 0) is 6.54 Å². The predicted octanol–water partition coefficient (Wildman–Crippen LogP) is 3.68. The zero-order valence-corrected chi connectivity index (χ0v) is 16.7. The van der Waals surface area contributed by atoms with Crippen molar-refractivity contribution >= 4 is 28.6 Å². The fourth-order valence-corrected chi connectivity index (χ4v) is 3.58. The average molecular weight is 393 g/mol. The minimum atomic E-state index is -0.324. The molecule has 1 aromatic heterocycles. The third kappa shape index (κ3) is 4.19. The van der Waals surface area contributed by atoms with Gasteiger partial charge in [0.1, 0.15) is 5.82 Å². The van der Waals surface area contributed by atoms with Crippen molar-refractivity contribution in [2.24, 2.45) is 0 Å². The standard InChI is InChI=1S/C22H24FN5O/c1-27(2)14-16-13-15(9-10-17(16)23)22(29)26-20-21(28-11-5-6-12-28)25-19-8-4-3-7-18(19)24-20/h3-4,7-10,13H,5-6,11-12,14H2,1-2H3,(H,24,26,29). The van der Waals surface area contributed by atoms with Gasteiger partial charge in [0.05, 0.1) is 11.0 Å². The summed E-state index contributed by atoms with van der Waals surface area (Å²) in [5.74, 6) is 0.479. The van der Waals surface area contributed by atoms with Crippen molar-refractivity contribution in [1.82, 2.24) is 14.9 Å². The van der Waals surface area contributed by atoms with E-state index in [0.717, 1.165) is 37.0 Å². The summed E-state index contributed by atoms with van der Waals surface area (Å²) in [6, 6.07) is 12.0. The third-order valence-corrected chi connectivity index (χ3v) is 4.98. The van der Waals surface area contributed by atoms with E-state index in [1.54, 1.807) is 6.07 Å². The van der Waals surface area contributed by atoms with Crippen molar-refractivity contribution in [3.63, 3.8) is 0 Å². The number of amides is 1. The van der Waals surface area contributed by atoms with Gasteiger partial charge in [-0.3, -0.25) is 4.79 Å². The molecule has 4 rings (SSSR count). The summed E-state index contributed by atoms with van der Waals surface area (Å²) in [6.07, 6.45) is 2.18. The van der Waals surface area contributed by atoms with Crippen LogP contribution in [0.2, 0.25) is 0 Å². The molecule has 0 spiro atoms. The van der Waals surface area contributed by atoms with E-state index in [4.69, 9.17) is 4.98 Å². The first-order valence-corrected chi connectivity index (χ1v) is 9.77. The molecule has 0 unspecified atom stereocenters. The molecule has 1 aliphatic heterocycles. The Kier molecular flexibility index (Phi) is 5.40. The molecule has 1 saturated heterocycles. The number of carbonyl (C=O) groups excluding carboxylic acids is 1. The highest BCUT2D eigenvalue weighted by Crippen LogP contribution is 2.28. The van der Waals surface area contributed by atoms with Crippen LogP contribution in [0.5, 0.6) is 0 Å². The van der Waals surface area contributed by atoms with E-state index in [0.29, 0.717) is 29.3 Å². The molecule has 1 fully saturated rings. The second kappa shape index (κ2) is 8.13. The molecule has 1 amide bonds. The van der Waals surface area contributed by atoms with Crippen molar-refractivity contribution in [3.05, 3.63) is 59.4 Å². The van der Waals surface area contributed by atoms with Crippen molar-refractivity contribution < 1.29 is 9.18 Å². The van der Waals surface area contributed by atoms with Crippen molar-refractivity contribution in [2.75, 3.05) is 37.4 Å². The molecule has 1 N–H and O–H groups in total. The van der Waals surface area contributed by atoms with E-state index in [-0.39, 0.29) is 11.7 Å². The summed E-state index contributed by atoms with van der Waals surface area (Å²) in [5.41, 5.74) is 2.39. The van der Waals surface area contributed by atoms with Crippen molar-refractivity contribution in [3.8, 4) is 0 Å². The quantitative estimate of drug-likeness (QED) is 0.717. The van der Waals surface area contributed by atoms with Gasteiger partial charge in [-0.25, -0.2) is 14.4 Å². The number of hydrogen-bond acceptors (Lipinski definition) is 5. The van der Waals surface area contributed by atoms with Gasteiger partial charge in [0, 0.05) is 30.8 Å². The summed E-state index contributed by atoms with van der Waals surface area (Å²) in [4.78, 5) is 26.4. The Hall–Kier alpha value is -3.06. The summed E-state index contributed by atoms with van der Waals surface area (Å²) in [7, 11) is 3.72. The SMILES string of the molecule is CN(C)Cc1cc(C(=O)Nc2nc3ccccc3nc2N2CCCC2)ccc1F. The van der Waals surface area contributed by atoms with Gasteiger partial charge in [0.2, 0.25) is 0 Å². The van der Waals surface area contributed by atoms with Gasteiger partial charge in [-0.05, 0) is 57.3 Å². The molecule has 2 heterocycles. The number of halogens is 1. The molecule has 0 saturated carbocycles. The summed E-state index contributed by atoms with van der Waals surface area (Å²) in [6.45, 7) is 2.20. The van der Waals surface area contributed by atoms with Gasteiger partial charge in [0.15, 0.2) is 11.6 Å². The Morgan fingerprint density at radius 3 is 2.48 bits per heavy atom. The summed E-state index contributed by atoms with van der Waals surface area (Å²) >= 11 is 0. The van der Waals surface area contributed by atoms with E-state index in [1.807, 2.05) is 43.3 Å². The Morgan fingerprint density at radius 1 is 1.10 bits per heavy atom. The lowest BCUT2D eigenvalue weighted by atomic mass is 10.1. The molecule has 0 atom stereocenters. The normalized spacial score (nSPS) is 14.0. The lowest BCUT2D eigenvalue weighted by molar-refractivity contribution is 0.102. The number of aromatic nitrogens is 2. The Balaban J connectivity index is 1.68. The molecule has 0 radical (unpaired) electrons. The lowest BCUT2D eigenvalue weighted by Gasteiger charge is -2.20. The van der Waals surface area contributed by atoms with Gasteiger partial charge < -0.3 is 15.1 Å². The zero-order chi connectivity index (χ0) is 20.4. The minimum Gasteiger partial charge on any atom is -0.354 e. The van der Waals surface area contributed by atoms with Crippen LogP contribution >= 0.6 is 0 Å². The molecule has 0 aliphatic carbocycles. The van der Waals surface area contributed by atoms with Gasteiger partial charge in [0.25, 0.3) is 5.91 Å². The maximum Gasteiger partial charge on any atom is 0.256 e. The number of nitrogens with one attached hydrogen (secondary N) is 1. The predicted molar refractivity (Wildman–Crippen MR) is 113 cm³/mol. The van der Waals surface area contributed by atoms with Gasteiger partial charge >= 0.3 is 0 Å². The van der Waals surface area contributed by atoms with E-state index >= 15 is 0 Å². The first kappa shape index (κ1) is 19.3. The zero-order valence-electron chi connectivity index (χ0n) is 16.7. The van der Waals surface area contributed by atoms with E-state index in [1.165, 1.54) is 12.1 Å². The van der Waals surface area contributed by atoms with Crippen LogP contribution in [0.3, 0.4) is 0 Å². The molecular weight excluding hydrogens is 369 g/mol. The first-order valence-electron chi connectivity index (χ1n) is 9.77. The maximum atomic E-state index is 14.1. The molecule has 150 valence electrons. The number of benzene rings is 2. The molecular formula is C22H24FN5O. The fraction of sp³-hybridized carbons (Fsp3) is 0.318. The topological polar surface area (TPSA) is 61.4 Å². The van der Waals surface area contributed by atoms with Crippen LogP contribution in [0.25, 0.3) is 11.0 Å². The smallest absolute Gasteiger partial charge is 0.256 e. The number of para-hydroxylation sites is 2. The molecule has 1 aliphatic rings. The minimum absolute atomic E-state index is 0.321. The Morgan fingerprint density at radius 2 is 1.79 bits per heavy atom. The highest BCUT2D eigenvalue weighted by atomic mass is 19.1. The molecule has 6 nitrogen and oxygen atoms in total. The van der Waals surface area contributed by atoms with Gasteiger partial charge in [-0.15, -0.1) is 0 Å². The van der Waals surface area contributed by atoms with Crippen LogP contribution in [-0.4, -0.2) is 48.0 Å². The number of fused-ring (bicyclic) bond motifs is 1. The maximum absolute atomic E-state index is 14.1. The molecule has 29 heavy (non-hydrogen) atoms. The summed E-state index contributed by atoms with van der Waals surface area (Å²) in [5, 5.41) is 2.91. The second-order valence-electron chi connectivity index (χ2n) is 7.58. The lowest BCUT2D eigenvalue weighted by Crippen LogP contribution is -2.23. The third-order valence-electron chi connectivity index (χ3n) is 4.98. The van der Waals surface area contributed by atoms with Crippen molar-refractivity contribution in [2.45, 2.75) is 19.4 Å². The number of rotatable bonds is 5. The Labute approximate surface area is 169 Å². The molecule has 7 heteroatoms. The van der Waals surface area contributed by atoms with E-state index in [2.05, 4.69) is 15.2 Å². The van der Waals surface area contributed by atoms with Crippen LogP contribution in [0.4, 0.5) is 16.0 Å². The molecule has 2 aromatic carbocycles. The fourth-order valence-electron chi connectivity index (χ4n) is 3.58. The first-order chi connectivity index (χ1) is 14.0. The Bertz CT molecular complexity index is 1050. The van der Waals surface area contributed by atoms with Gasteiger partial charge in [-0.1, -0.05) is 12.1 Å². The number of anilines is 2. The molecule has 3 aromatic rings.